The number of rotatable bonds is 7. The monoisotopic (exact) mass is 416 g/mol. The molecule has 0 aliphatic heterocycles. The Labute approximate surface area is 172 Å². The number of carbonyl (C=O) groups is 1. The lowest BCUT2D eigenvalue weighted by Crippen LogP contribution is -2.30. The van der Waals surface area contributed by atoms with Gasteiger partial charge in [0.25, 0.3) is 5.91 Å². The summed E-state index contributed by atoms with van der Waals surface area (Å²) in [6.45, 7) is 3.38. The number of hydrogen-bond donors (Lipinski definition) is 3. The summed E-state index contributed by atoms with van der Waals surface area (Å²) in [7, 11) is -3.71. The Bertz CT molecular complexity index is 969. The van der Waals surface area contributed by atoms with Crippen LogP contribution in [0.4, 0.5) is 0 Å². The van der Waals surface area contributed by atoms with Gasteiger partial charge >= 0.3 is 0 Å². The van der Waals surface area contributed by atoms with Crippen molar-refractivity contribution in [3.63, 3.8) is 0 Å². The van der Waals surface area contributed by atoms with Crippen LogP contribution >= 0.6 is 0 Å². The molecule has 0 radical (unpaired) electrons. The highest BCUT2D eigenvalue weighted by atomic mass is 32.2. The number of aryl methyl sites for hydroxylation is 2. The molecule has 1 amide bonds. The van der Waals surface area contributed by atoms with E-state index in [0.29, 0.717) is 5.56 Å². The van der Waals surface area contributed by atoms with Gasteiger partial charge in [-0.25, -0.2) is 13.1 Å². The zero-order valence-electron chi connectivity index (χ0n) is 16.8. The van der Waals surface area contributed by atoms with Crippen LogP contribution in [0.3, 0.4) is 0 Å². The molecule has 2 aromatic carbocycles. The van der Waals surface area contributed by atoms with E-state index in [-0.39, 0.29) is 23.4 Å². The molecule has 6 nitrogen and oxygen atoms in total. The largest absolute Gasteiger partial charge is 0.392 e. The first kappa shape index (κ1) is 21.5. The third-order valence-electron chi connectivity index (χ3n) is 5.22. The van der Waals surface area contributed by atoms with Crippen LogP contribution in [0.5, 0.6) is 0 Å². The third kappa shape index (κ3) is 5.44. The van der Waals surface area contributed by atoms with Crippen molar-refractivity contribution >= 4 is 15.9 Å². The molecule has 0 bridgehead atoms. The molecule has 0 aromatic heterocycles. The first-order valence-electron chi connectivity index (χ1n) is 9.96. The Morgan fingerprint density at radius 3 is 2.34 bits per heavy atom. The fraction of sp³-hybridized carbons (Fsp3) is 0.409. The number of hydrogen-bond acceptors (Lipinski definition) is 4. The van der Waals surface area contributed by atoms with Gasteiger partial charge in [0, 0.05) is 12.1 Å². The number of amides is 1. The maximum atomic E-state index is 12.6. The summed E-state index contributed by atoms with van der Waals surface area (Å²) in [6.07, 6.45) is 3.87. The molecule has 29 heavy (non-hydrogen) atoms. The lowest BCUT2D eigenvalue weighted by atomic mass is 9.89. The average Bonchev–Trinajstić information content (AvgIpc) is 2.72. The number of benzene rings is 2. The summed E-state index contributed by atoms with van der Waals surface area (Å²) in [5.74, 6) is -0.254. The summed E-state index contributed by atoms with van der Waals surface area (Å²) in [5.41, 5.74) is 4.23. The average molecular weight is 417 g/mol. The van der Waals surface area contributed by atoms with E-state index in [9.17, 15) is 18.3 Å². The van der Waals surface area contributed by atoms with E-state index in [2.05, 4.69) is 28.2 Å². The SMILES string of the molecule is CC(O)CNS(=O)(=O)c1ccc(C(=O)NC(C)c2ccc3c(c2)CCCC3)cc1. The van der Waals surface area contributed by atoms with E-state index in [1.807, 2.05) is 6.92 Å². The van der Waals surface area contributed by atoms with Gasteiger partial charge in [-0.3, -0.25) is 4.79 Å². The lowest BCUT2D eigenvalue weighted by molar-refractivity contribution is 0.0939. The summed E-state index contributed by atoms with van der Waals surface area (Å²) >= 11 is 0. The highest BCUT2D eigenvalue weighted by Crippen LogP contribution is 2.25. The van der Waals surface area contributed by atoms with Gasteiger partial charge in [0.15, 0.2) is 0 Å². The van der Waals surface area contributed by atoms with E-state index in [1.165, 1.54) is 55.2 Å². The minimum absolute atomic E-state index is 0.0532. The number of fused-ring (bicyclic) bond motifs is 1. The van der Waals surface area contributed by atoms with Crippen molar-refractivity contribution in [2.24, 2.45) is 0 Å². The van der Waals surface area contributed by atoms with E-state index < -0.39 is 16.1 Å². The zero-order chi connectivity index (χ0) is 21.0. The molecule has 2 atom stereocenters. The number of nitrogens with one attached hydrogen (secondary N) is 2. The van der Waals surface area contributed by atoms with Crippen LogP contribution in [0.25, 0.3) is 0 Å². The van der Waals surface area contributed by atoms with Crippen molar-refractivity contribution in [1.82, 2.24) is 10.0 Å². The molecule has 0 fully saturated rings. The molecule has 7 heteroatoms. The molecule has 1 aliphatic carbocycles. The maximum absolute atomic E-state index is 12.6. The Kier molecular flexibility index (Phi) is 6.72. The Balaban J connectivity index is 1.66. The molecule has 3 N–H and O–H groups in total. The molecular weight excluding hydrogens is 388 g/mol. The van der Waals surface area contributed by atoms with Gasteiger partial charge in [0.1, 0.15) is 0 Å². The predicted molar refractivity (Wildman–Crippen MR) is 112 cm³/mol. The Morgan fingerprint density at radius 2 is 1.69 bits per heavy atom. The molecule has 0 saturated carbocycles. The molecule has 2 unspecified atom stereocenters. The summed E-state index contributed by atoms with van der Waals surface area (Å²) in [4.78, 5) is 12.6. The van der Waals surface area contributed by atoms with E-state index in [0.717, 1.165) is 18.4 Å². The van der Waals surface area contributed by atoms with Gasteiger partial charge in [-0.15, -0.1) is 0 Å². The fourth-order valence-electron chi connectivity index (χ4n) is 3.49. The zero-order valence-corrected chi connectivity index (χ0v) is 17.6. The third-order valence-corrected chi connectivity index (χ3v) is 6.66. The number of carbonyl (C=O) groups excluding carboxylic acids is 1. The van der Waals surface area contributed by atoms with Crippen molar-refractivity contribution in [3.05, 3.63) is 64.7 Å². The maximum Gasteiger partial charge on any atom is 0.251 e. The van der Waals surface area contributed by atoms with Crippen LogP contribution < -0.4 is 10.0 Å². The Hall–Kier alpha value is -2.22. The smallest absolute Gasteiger partial charge is 0.251 e. The van der Waals surface area contributed by atoms with Crippen molar-refractivity contribution in [1.29, 1.82) is 0 Å². The van der Waals surface area contributed by atoms with Crippen LogP contribution in [-0.4, -0.2) is 32.1 Å². The van der Waals surface area contributed by atoms with Crippen LogP contribution in [0.15, 0.2) is 47.4 Å². The summed E-state index contributed by atoms with van der Waals surface area (Å²) < 4.78 is 26.7. The van der Waals surface area contributed by atoms with E-state index in [4.69, 9.17) is 0 Å². The van der Waals surface area contributed by atoms with Crippen LogP contribution in [0, 0.1) is 0 Å². The standard InChI is InChI=1S/C22H28N2O4S/c1-15(25)14-23-29(27,28)21-11-9-18(10-12-21)22(26)24-16(2)19-8-7-17-5-3-4-6-20(17)13-19/h7-13,15-16,23,25H,3-6,14H2,1-2H3,(H,24,26). The first-order chi connectivity index (χ1) is 13.8. The molecule has 3 rings (SSSR count). The lowest BCUT2D eigenvalue weighted by Gasteiger charge is -2.20. The topological polar surface area (TPSA) is 95.5 Å². The minimum atomic E-state index is -3.71. The van der Waals surface area contributed by atoms with Gasteiger partial charge in [0.2, 0.25) is 10.0 Å². The molecule has 1 aliphatic rings. The van der Waals surface area contributed by atoms with Gasteiger partial charge in [0.05, 0.1) is 17.0 Å². The molecule has 2 aromatic rings. The normalized spacial score (nSPS) is 16.0. The van der Waals surface area contributed by atoms with Crippen LogP contribution in [0.1, 0.15) is 59.8 Å². The van der Waals surface area contributed by atoms with Crippen molar-refractivity contribution in [2.45, 2.75) is 56.6 Å². The second-order valence-corrected chi connectivity index (χ2v) is 9.42. The second-order valence-electron chi connectivity index (χ2n) is 7.66. The van der Waals surface area contributed by atoms with Gasteiger partial charge in [-0.2, -0.15) is 0 Å². The molecule has 0 saturated heterocycles. The van der Waals surface area contributed by atoms with Gasteiger partial charge < -0.3 is 10.4 Å². The highest BCUT2D eigenvalue weighted by molar-refractivity contribution is 7.89. The molecule has 156 valence electrons. The molecular formula is C22H28N2O4S. The van der Waals surface area contributed by atoms with Crippen molar-refractivity contribution in [2.75, 3.05) is 6.54 Å². The number of sulfonamides is 1. The summed E-state index contributed by atoms with van der Waals surface area (Å²) in [6, 6.07) is 12.0. The number of aliphatic hydroxyl groups is 1. The van der Waals surface area contributed by atoms with E-state index >= 15 is 0 Å². The van der Waals surface area contributed by atoms with E-state index in [1.54, 1.807) is 0 Å². The second kappa shape index (κ2) is 9.07. The quantitative estimate of drug-likeness (QED) is 0.647. The van der Waals surface area contributed by atoms with Crippen molar-refractivity contribution in [3.8, 4) is 0 Å². The molecule has 0 spiro atoms. The fourth-order valence-corrected chi connectivity index (χ4v) is 4.61. The van der Waals surface area contributed by atoms with Crippen LogP contribution in [-0.2, 0) is 22.9 Å². The van der Waals surface area contributed by atoms with Crippen molar-refractivity contribution < 1.29 is 18.3 Å². The summed E-state index contributed by atoms with van der Waals surface area (Å²) in [5, 5.41) is 12.2. The Morgan fingerprint density at radius 1 is 1.03 bits per heavy atom. The van der Waals surface area contributed by atoms with Crippen LogP contribution in [0.2, 0.25) is 0 Å². The predicted octanol–water partition coefficient (Wildman–Crippen LogP) is 2.72. The first-order valence-corrected chi connectivity index (χ1v) is 11.4. The highest BCUT2D eigenvalue weighted by Gasteiger charge is 2.17. The molecule has 0 heterocycles. The van der Waals surface area contributed by atoms with Gasteiger partial charge in [-0.1, -0.05) is 18.2 Å². The van der Waals surface area contributed by atoms with Gasteiger partial charge in [-0.05, 0) is 80.5 Å². The minimum Gasteiger partial charge on any atom is -0.392 e. The number of aliphatic hydroxyl groups excluding tert-OH is 1.